The minimum Gasteiger partial charge on any atom is -0.352 e. The van der Waals surface area contributed by atoms with Crippen molar-refractivity contribution >= 4 is 11.8 Å². The maximum absolute atomic E-state index is 12.7. The van der Waals surface area contributed by atoms with Gasteiger partial charge in [0, 0.05) is 18.2 Å². The molecular weight excluding hydrogens is 338 g/mol. The van der Waals surface area contributed by atoms with E-state index in [-0.39, 0.29) is 30.3 Å². The van der Waals surface area contributed by atoms with Gasteiger partial charge in [-0.05, 0) is 36.6 Å². The number of hydrogen-bond donors (Lipinski definition) is 3. The van der Waals surface area contributed by atoms with Crippen molar-refractivity contribution in [3.8, 4) is 0 Å². The van der Waals surface area contributed by atoms with Gasteiger partial charge in [0.15, 0.2) is 0 Å². The molecule has 2 aromatic rings. The first-order valence-corrected chi connectivity index (χ1v) is 9.54. The van der Waals surface area contributed by atoms with Gasteiger partial charge in [-0.15, -0.1) is 0 Å². The van der Waals surface area contributed by atoms with Crippen LogP contribution in [0, 0.1) is 5.92 Å². The van der Waals surface area contributed by atoms with Gasteiger partial charge in [0.1, 0.15) is 0 Å². The number of piperidine rings is 1. The van der Waals surface area contributed by atoms with E-state index in [2.05, 4.69) is 22.9 Å². The Hall–Kier alpha value is -2.66. The van der Waals surface area contributed by atoms with Crippen LogP contribution < -0.4 is 16.0 Å². The first kappa shape index (κ1) is 19.1. The normalized spacial score (nSPS) is 20.5. The van der Waals surface area contributed by atoms with Crippen molar-refractivity contribution in [3.05, 3.63) is 71.8 Å². The molecule has 0 aromatic heterocycles. The second kappa shape index (κ2) is 9.33. The van der Waals surface area contributed by atoms with E-state index in [0.717, 1.165) is 25.1 Å². The molecule has 3 unspecified atom stereocenters. The maximum Gasteiger partial charge on any atom is 0.251 e. The SMILES string of the molecule is CC1CCNCC1NC(=O)CC(NC(=O)c1ccccc1)c1ccccc1. The molecule has 0 aliphatic carbocycles. The lowest BCUT2D eigenvalue weighted by molar-refractivity contribution is -0.122. The lowest BCUT2D eigenvalue weighted by atomic mass is 9.94. The van der Waals surface area contributed by atoms with E-state index in [1.807, 2.05) is 48.5 Å². The Morgan fingerprint density at radius 2 is 1.74 bits per heavy atom. The number of benzene rings is 2. The lowest BCUT2D eigenvalue weighted by Gasteiger charge is -2.31. The Kier molecular flexibility index (Phi) is 6.60. The summed E-state index contributed by atoms with van der Waals surface area (Å²) in [5.74, 6) is 0.229. The second-order valence-corrected chi connectivity index (χ2v) is 7.15. The van der Waals surface area contributed by atoms with Crippen molar-refractivity contribution in [1.82, 2.24) is 16.0 Å². The molecule has 1 aliphatic heterocycles. The van der Waals surface area contributed by atoms with E-state index in [1.54, 1.807) is 12.1 Å². The van der Waals surface area contributed by atoms with Crippen LogP contribution in [0.4, 0.5) is 0 Å². The summed E-state index contributed by atoms with van der Waals surface area (Å²) < 4.78 is 0. The Balaban J connectivity index is 1.68. The predicted octanol–water partition coefficient (Wildman–Crippen LogP) is 2.66. The molecule has 1 aliphatic rings. The Morgan fingerprint density at radius 1 is 1.07 bits per heavy atom. The van der Waals surface area contributed by atoms with Gasteiger partial charge in [-0.1, -0.05) is 55.5 Å². The second-order valence-electron chi connectivity index (χ2n) is 7.15. The summed E-state index contributed by atoms with van der Waals surface area (Å²) in [6.45, 7) is 3.95. The van der Waals surface area contributed by atoms with Gasteiger partial charge in [0.2, 0.25) is 5.91 Å². The van der Waals surface area contributed by atoms with E-state index in [9.17, 15) is 9.59 Å². The summed E-state index contributed by atoms with van der Waals surface area (Å²) in [6.07, 6.45) is 1.27. The van der Waals surface area contributed by atoms with Crippen LogP contribution in [0.15, 0.2) is 60.7 Å². The van der Waals surface area contributed by atoms with Crippen LogP contribution in [-0.4, -0.2) is 30.9 Å². The molecule has 0 bridgehead atoms. The van der Waals surface area contributed by atoms with Gasteiger partial charge in [0.25, 0.3) is 5.91 Å². The molecule has 2 amide bonds. The van der Waals surface area contributed by atoms with Crippen molar-refractivity contribution in [2.45, 2.75) is 31.8 Å². The van der Waals surface area contributed by atoms with Crippen LogP contribution in [0.5, 0.6) is 0 Å². The van der Waals surface area contributed by atoms with Gasteiger partial charge in [0.05, 0.1) is 12.5 Å². The fourth-order valence-electron chi connectivity index (χ4n) is 3.40. The van der Waals surface area contributed by atoms with Crippen molar-refractivity contribution in [1.29, 1.82) is 0 Å². The van der Waals surface area contributed by atoms with Gasteiger partial charge < -0.3 is 16.0 Å². The highest BCUT2D eigenvalue weighted by molar-refractivity contribution is 5.94. The van der Waals surface area contributed by atoms with Gasteiger partial charge in [-0.25, -0.2) is 0 Å². The van der Waals surface area contributed by atoms with E-state index in [1.165, 1.54) is 0 Å². The number of carbonyl (C=O) groups excluding carboxylic acids is 2. The highest BCUT2D eigenvalue weighted by Gasteiger charge is 2.25. The van der Waals surface area contributed by atoms with Gasteiger partial charge >= 0.3 is 0 Å². The number of rotatable bonds is 6. The third-order valence-corrected chi connectivity index (χ3v) is 5.11. The standard InChI is InChI=1S/C22H27N3O2/c1-16-12-13-23-15-20(16)24-21(26)14-19(17-8-4-2-5-9-17)25-22(27)18-10-6-3-7-11-18/h2-11,16,19-20,23H,12-15H2,1H3,(H,24,26)(H,25,27). The highest BCUT2D eigenvalue weighted by Crippen LogP contribution is 2.19. The largest absolute Gasteiger partial charge is 0.352 e. The number of amides is 2. The van der Waals surface area contributed by atoms with Crippen LogP contribution in [0.2, 0.25) is 0 Å². The number of carbonyl (C=O) groups is 2. The summed E-state index contributed by atoms with van der Waals surface area (Å²) in [4.78, 5) is 25.3. The maximum atomic E-state index is 12.7. The zero-order valence-corrected chi connectivity index (χ0v) is 15.7. The minimum atomic E-state index is -0.370. The molecule has 1 fully saturated rings. The highest BCUT2D eigenvalue weighted by atomic mass is 16.2. The fraction of sp³-hybridized carbons (Fsp3) is 0.364. The molecule has 2 aromatic carbocycles. The molecule has 142 valence electrons. The van der Waals surface area contributed by atoms with E-state index in [0.29, 0.717) is 11.5 Å². The zero-order chi connectivity index (χ0) is 19.1. The third kappa shape index (κ3) is 5.41. The number of hydrogen-bond acceptors (Lipinski definition) is 3. The molecule has 1 saturated heterocycles. The Bertz CT molecular complexity index is 749. The van der Waals surface area contributed by atoms with Crippen LogP contribution in [0.1, 0.15) is 41.7 Å². The molecule has 3 atom stereocenters. The molecule has 3 rings (SSSR count). The first-order valence-electron chi connectivity index (χ1n) is 9.54. The minimum absolute atomic E-state index is 0.0437. The molecular formula is C22H27N3O2. The Labute approximate surface area is 160 Å². The average Bonchev–Trinajstić information content (AvgIpc) is 2.70. The van der Waals surface area contributed by atoms with Crippen molar-refractivity contribution in [3.63, 3.8) is 0 Å². The van der Waals surface area contributed by atoms with E-state index < -0.39 is 0 Å². The lowest BCUT2D eigenvalue weighted by Crippen LogP contribution is -2.50. The monoisotopic (exact) mass is 365 g/mol. The topological polar surface area (TPSA) is 70.2 Å². The van der Waals surface area contributed by atoms with Crippen LogP contribution in [-0.2, 0) is 4.79 Å². The van der Waals surface area contributed by atoms with E-state index in [4.69, 9.17) is 0 Å². The Morgan fingerprint density at radius 3 is 2.41 bits per heavy atom. The van der Waals surface area contributed by atoms with E-state index >= 15 is 0 Å². The molecule has 27 heavy (non-hydrogen) atoms. The van der Waals surface area contributed by atoms with Crippen LogP contribution >= 0.6 is 0 Å². The van der Waals surface area contributed by atoms with Gasteiger partial charge in [-0.3, -0.25) is 9.59 Å². The quantitative estimate of drug-likeness (QED) is 0.737. The van der Waals surface area contributed by atoms with Crippen LogP contribution in [0.25, 0.3) is 0 Å². The average molecular weight is 365 g/mol. The summed E-state index contributed by atoms with van der Waals surface area (Å²) in [7, 11) is 0. The summed E-state index contributed by atoms with van der Waals surface area (Å²) in [5, 5.41) is 9.47. The number of nitrogens with one attached hydrogen (secondary N) is 3. The fourth-order valence-corrected chi connectivity index (χ4v) is 3.40. The summed E-state index contributed by atoms with van der Waals surface area (Å²) in [6, 6.07) is 18.5. The zero-order valence-electron chi connectivity index (χ0n) is 15.7. The van der Waals surface area contributed by atoms with Crippen LogP contribution in [0.3, 0.4) is 0 Å². The predicted molar refractivity (Wildman–Crippen MR) is 106 cm³/mol. The molecule has 0 saturated carbocycles. The smallest absolute Gasteiger partial charge is 0.251 e. The van der Waals surface area contributed by atoms with Crippen molar-refractivity contribution in [2.24, 2.45) is 5.92 Å². The van der Waals surface area contributed by atoms with Gasteiger partial charge in [-0.2, -0.15) is 0 Å². The first-order chi connectivity index (χ1) is 13.1. The summed E-state index contributed by atoms with van der Waals surface area (Å²) >= 11 is 0. The molecule has 3 N–H and O–H groups in total. The molecule has 0 radical (unpaired) electrons. The molecule has 0 spiro atoms. The molecule has 5 nitrogen and oxygen atoms in total. The summed E-state index contributed by atoms with van der Waals surface area (Å²) in [5.41, 5.74) is 1.51. The third-order valence-electron chi connectivity index (χ3n) is 5.11. The van der Waals surface area contributed by atoms with Crippen molar-refractivity contribution in [2.75, 3.05) is 13.1 Å². The van der Waals surface area contributed by atoms with Crippen molar-refractivity contribution < 1.29 is 9.59 Å². The molecule has 1 heterocycles. The molecule has 5 heteroatoms.